The topological polar surface area (TPSA) is 33.6 Å². The van der Waals surface area contributed by atoms with E-state index in [1.165, 1.54) is 12.1 Å². The zero-order valence-corrected chi connectivity index (χ0v) is 12.6. The molecule has 3 rings (SSSR count). The van der Waals surface area contributed by atoms with E-state index in [1.54, 1.807) is 4.57 Å². The van der Waals surface area contributed by atoms with Gasteiger partial charge in [0.15, 0.2) is 16.2 Å². The summed E-state index contributed by atoms with van der Waals surface area (Å²) in [6.07, 6.45) is 0. The lowest BCUT2D eigenvalue weighted by molar-refractivity contribution is 0.628. The van der Waals surface area contributed by atoms with Gasteiger partial charge in [0.2, 0.25) is 0 Å². The molecule has 0 amide bonds. The number of imidazole rings is 1. The number of halogens is 3. The van der Waals surface area contributed by atoms with Crippen LogP contribution in [0.4, 0.5) is 4.39 Å². The molecule has 0 unspecified atom stereocenters. The van der Waals surface area contributed by atoms with Crippen LogP contribution < -0.4 is 0 Å². The Morgan fingerprint density at radius 3 is 2.55 bits per heavy atom. The summed E-state index contributed by atoms with van der Waals surface area (Å²) < 4.78 is 15.6. The van der Waals surface area contributed by atoms with E-state index in [0.717, 1.165) is 11.2 Å². The van der Waals surface area contributed by atoms with Crippen LogP contribution in [-0.4, -0.2) is 14.5 Å². The Morgan fingerprint density at radius 2 is 1.90 bits per heavy atom. The predicted molar refractivity (Wildman–Crippen MR) is 81.0 cm³/mol. The Labute approximate surface area is 129 Å². The smallest absolute Gasteiger partial charge is 0.183 e. The van der Waals surface area contributed by atoms with Gasteiger partial charge >= 0.3 is 0 Å². The number of aromatic nitrogens is 3. The lowest BCUT2D eigenvalue weighted by Crippen LogP contribution is -1.97. The fourth-order valence-corrected chi connectivity index (χ4v) is 2.77. The summed E-state index contributed by atoms with van der Waals surface area (Å²) in [6, 6.07) is 6.70. The van der Waals surface area contributed by atoms with Gasteiger partial charge in [-0.3, -0.25) is 4.57 Å². The van der Waals surface area contributed by atoms with Crippen LogP contribution in [0.2, 0.25) is 10.0 Å². The molecule has 0 atom stereocenters. The third-order valence-corrected chi connectivity index (χ3v) is 3.73. The van der Waals surface area contributed by atoms with Crippen LogP contribution in [0.3, 0.4) is 0 Å². The number of aryl methyl sites for hydroxylation is 1. The van der Waals surface area contributed by atoms with Gasteiger partial charge in [-0.05, 0) is 43.4 Å². The SMILES string of the molecule is Cc1ccc2[nH]c(=S)n(-c3cc(Cl)c(F)c(Cl)c3)c2n1. The maximum atomic E-state index is 13.5. The summed E-state index contributed by atoms with van der Waals surface area (Å²) in [5, 5.41) is -0.118. The van der Waals surface area contributed by atoms with Gasteiger partial charge in [0.05, 0.1) is 21.2 Å². The quantitative estimate of drug-likeness (QED) is 0.512. The van der Waals surface area contributed by atoms with E-state index in [4.69, 9.17) is 35.4 Å². The molecule has 3 nitrogen and oxygen atoms in total. The highest BCUT2D eigenvalue weighted by Gasteiger charge is 2.13. The molecule has 102 valence electrons. The normalized spacial score (nSPS) is 11.2. The van der Waals surface area contributed by atoms with Gasteiger partial charge in [0, 0.05) is 5.69 Å². The van der Waals surface area contributed by atoms with Crippen LogP contribution in [0.1, 0.15) is 5.69 Å². The Kier molecular flexibility index (Phi) is 3.28. The first-order chi connectivity index (χ1) is 9.47. The molecule has 2 heterocycles. The lowest BCUT2D eigenvalue weighted by atomic mass is 10.3. The van der Waals surface area contributed by atoms with Crippen molar-refractivity contribution in [2.45, 2.75) is 6.92 Å². The van der Waals surface area contributed by atoms with Gasteiger partial charge in [-0.25, -0.2) is 9.37 Å². The fraction of sp³-hybridized carbons (Fsp3) is 0.0769. The molecule has 2 aromatic heterocycles. The van der Waals surface area contributed by atoms with Crippen molar-refractivity contribution >= 4 is 46.6 Å². The molecule has 1 N–H and O–H groups in total. The molecule has 0 saturated carbocycles. The van der Waals surface area contributed by atoms with E-state index >= 15 is 0 Å². The number of hydrogen-bond acceptors (Lipinski definition) is 2. The van der Waals surface area contributed by atoms with Gasteiger partial charge in [-0.2, -0.15) is 0 Å². The third-order valence-electron chi connectivity index (χ3n) is 2.90. The number of nitrogens with one attached hydrogen (secondary N) is 1. The standard InChI is InChI=1S/C13H8Cl2FN3S/c1-6-2-3-10-12(17-6)19(13(20)18-10)7-4-8(14)11(16)9(15)5-7/h2-5H,1H3,(H,18,20). The van der Waals surface area contributed by atoms with Crippen molar-refractivity contribution in [1.29, 1.82) is 0 Å². The van der Waals surface area contributed by atoms with Crippen molar-refractivity contribution in [3.8, 4) is 5.69 Å². The summed E-state index contributed by atoms with van der Waals surface area (Å²) >= 11 is 17.0. The van der Waals surface area contributed by atoms with Crippen molar-refractivity contribution in [1.82, 2.24) is 14.5 Å². The van der Waals surface area contributed by atoms with E-state index in [2.05, 4.69) is 9.97 Å². The van der Waals surface area contributed by atoms with Gasteiger partial charge in [-0.1, -0.05) is 23.2 Å². The summed E-state index contributed by atoms with van der Waals surface area (Å²) in [4.78, 5) is 7.48. The Morgan fingerprint density at radius 1 is 1.25 bits per heavy atom. The summed E-state index contributed by atoms with van der Waals surface area (Å²) in [5.74, 6) is -0.646. The van der Waals surface area contributed by atoms with Crippen LogP contribution in [0, 0.1) is 17.5 Å². The molecule has 0 aliphatic rings. The van der Waals surface area contributed by atoms with Crippen molar-refractivity contribution in [2.75, 3.05) is 0 Å². The van der Waals surface area contributed by atoms with Crippen molar-refractivity contribution in [2.24, 2.45) is 0 Å². The van der Waals surface area contributed by atoms with Gasteiger partial charge in [0.1, 0.15) is 0 Å². The van der Waals surface area contributed by atoms with E-state index < -0.39 is 5.82 Å². The second-order valence-corrected chi connectivity index (χ2v) is 5.51. The Hall–Kier alpha value is -1.43. The third kappa shape index (κ3) is 2.12. The summed E-state index contributed by atoms with van der Waals surface area (Å²) in [6.45, 7) is 1.88. The largest absolute Gasteiger partial charge is 0.329 e. The monoisotopic (exact) mass is 327 g/mol. The van der Waals surface area contributed by atoms with E-state index in [9.17, 15) is 4.39 Å². The molecule has 0 aliphatic carbocycles. The minimum atomic E-state index is -0.646. The highest BCUT2D eigenvalue weighted by atomic mass is 35.5. The molecular formula is C13H8Cl2FN3S. The van der Waals surface area contributed by atoms with Crippen molar-refractivity contribution in [3.05, 3.63) is 50.6 Å². The lowest BCUT2D eigenvalue weighted by Gasteiger charge is -2.07. The predicted octanol–water partition coefficient (Wildman–Crippen LogP) is 4.84. The number of fused-ring (bicyclic) bond motifs is 1. The summed E-state index contributed by atoms with van der Waals surface area (Å²) in [5.41, 5.74) is 2.85. The number of nitrogens with zero attached hydrogens (tertiary/aromatic N) is 2. The van der Waals surface area contributed by atoms with E-state index in [0.29, 0.717) is 16.1 Å². The number of aromatic amines is 1. The maximum absolute atomic E-state index is 13.5. The molecule has 0 fully saturated rings. The van der Waals surface area contributed by atoms with Crippen LogP contribution in [0.5, 0.6) is 0 Å². The highest BCUT2D eigenvalue weighted by Crippen LogP contribution is 2.28. The van der Waals surface area contributed by atoms with Crippen LogP contribution in [-0.2, 0) is 0 Å². The number of pyridine rings is 1. The van der Waals surface area contributed by atoms with Gasteiger partial charge in [-0.15, -0.1) is 0 Å². The first-order valence-electron chi connectivity index (χ1n) is 5.70. The van der Waals surface area contributed by atoms with Crippen LogP contribution >= 0.6 is 35.4 Å². The maximum Gasteiger partial charge on any atom is 0.183 e. The molecule has 20 heavy (non-hydrogen) atoms. The molecule has 0 radical (unpaired) electrons. The summed E-state index contributed by atoms with van der Waals surface area (Å²) in [7, 11) is 0. The second kappa shape index (κ2) is 4.84. The van der Waals surface area contributed by atoms with Crippen LogP contribution in [0.15, 0.2) is 24.3 Å². The van der Waals surface area contributed by atoms with Gasteiger partial charge < -0.3 is 4.98 Å². The minimum Gasteiger partial charge on any atom is -0.329 e. The first kappa shape index (κ1) is 13.5. The first-order valence-corrected chi connectivity index (χ1v) is 6.87. The average Bonchev–Trinajstić information content (AvgIpc) is 2.70. The molecule has 3 aromatic rings. The molecular weight excluding hydrogens is 320 g/mol. The molecule has 7 heteroatoms. The molecule has 0 aliphatic heterocycles. The average molecular weight is 328 g/mol. The number of benzene rings is 1. The minimum absolute atomic E-state index is 0.0589. The van der Waals surface area contributed by atoms with E-state index in [1.807, 2.05) is 19.1 Å². The van der Waals surface area contributed by atoms with Gasteiger partial charge in [0.25, 0.3) is 0 Å². The number of hydrogen-bond donors (Lipinski definition) is 1. The highest BCUT2D eigenvalue weighted by molar-refractivity contribution is 7.71. The molecule has 0 bridgehead atoms. The molecule has 0 saturated heterocycles. The zero-order chi connectivity index (χ0) is 14.4. The van der Waals surface area contributed by atoms with Crippen molar-refractivity contribution in [3.63, 3.8) is 0 Å². The second-order valence-electron chi connectivity index (χ2n) is 4.31. The fourth-order valence-electron chi connectivity index (χ4n) is 1.99. The molecule has 0 spiro atoms. The molecule has 1 aromatic carbocycles. The van der Waals surface area contributed by atoms with Crippen molar-refractivity contribution < 1.29 is 4.39 Å². The zero-order valence-electron chi connectivity index (χ0n) is 10.2. The van der Waals surface area contributed by atoms with E-state index in [-0.39, 0.29) is 10.0 Å². The number of H-pyrrole nitrogens is 1. The Bertz CT molecular complexity index is 862. The number of rotatable bonds is 1. The van der Waals surface area contributed by atoms with Crippen LogP contribution in [0.25, 0.3) is 16.9 Å². The Balaban J connectivity index is 2.37.